The first-order chi connectivity index (χ1) is 7.13. The van der Waals surface area contributed by atoms with E-state index in [4.69, 9.17) is 0 Å². The normalized spacial score (nSPS) is 13.8. The van der Waals surface area contributed by atoms with Gasteiger partial charge >= 0.3 is 0 Å². The Bertz CT molecular complexity index is 136. The highest BCUT2D eigenvalue weighted by molar-refractivity contribution is 4.68. The molecule has 0 aliphatic carbocycles. The maximum atomic E-state index is 9.18. The maximum absolute atomic E-state index is 9.18. The predicted octanol–water partition coefficient (Wildman–Crippen LogP) is 1.32. The van der Waals surface area contributed by atoms with Crippen molar-refractivity contribution < 1.29 is 5.11 Å². The molecule has 0 aromatic rings. The molecule has 1 atom stereocenters. The monoisotopic (exact) mass is 216 g/mol. The second-order valence-corrected chi connectivity index (χ2v) is 4.49. The lowest BCUT2D eigenvalue weighted by atomic mass is 10.0. The number of likely N-dealkylation sites (N-methyl/N-ethyl adjacent to an activating group) is 1. The van der Waals surface area contributed by atoms with Crippen LogP contribution in [0.2, 0.25) is 0 Å². The number of nitrogens with zero attached hydrogens (tertiary/aromatic N) is 1. The highest BCUT2D eigenvalue weighted by Gasteiger charge is 2.08. The van der Waals surface area contributed by atoms with E-state index in [1.165, 1.54) is 0 Å². The molecule has 1 unspecified atom stereocenters. The zero-order valence-electron chi connectivity index (χ0n) is 10.8. The van der Waals surface area contributed by atoms with Gasteiger partial charge in [-0.25, -0.2) is 0 Å². The summed E-state index contributed by atoms with van der Waals surface area (Å²) in [6, 6.07) is 0.264. The van der Waals surface area contributed by atoms with Crippen molar-refractivity contribution in [2.45, 2.75) is 40.2 Å². The third-order valence-electron chi connectivity index (χ3n) is 2.73. The topological polar surface area (TPSA) is 35.5 Å². The summed E-state index contributed by atoms with van der Waals surface area (Å²) in [7, 11) is 0. The third-order valence-corrected chi connectivity index (χ3v) is 2.73. The van der Waals surface area contributed by atoms with Gasteiger partial charge in [0, 0.05) is 19.1 Å². The second-order valence-electron chi connectivity index (χ2n) is 4.49. The van der Waals surface area contributed by atoms with Crippen LogP contribution in [0.4, 0.5) is 0 Å². The molecule has 0 aliphatic heterocycles. The Morgan fingerprint density at radius 3 is 2.20 bits per heavy atom. The molecule has 0 aromatic carbocycles. The van der Waals surface area contributed by atoms with E-state index < -0.39 is 0 Å². The van der Waals surface area contributed by atoms with Gasteiger partial charge in [-0.05, 0) is 25.4 Å². The zero-order valence-corrected chi connectivity index (χ0v) is 10.8. The molecule has 0 radical (unpaired) electrons. The average molecular weight is 216 g/mol. The van der Waals surface area contributed by atoms with Crippen LogP contribution in [0, 0.1) is 5.92 Å². The Hall–Kier alpha value is -0.120. The van der Waals surface area contributed by atoms with E-state index in [9.17, 15) is 5.11 Å². The number of nitrogens with one attached hydrogen (secondary N) is 1. The van der Waals surface area contributed by atoms with E-state index in [1.54, 1.807) is 0 Å². The molecule has 0 bridgehead atoms. The summed E-state index contributed by atoms with van der Waals surface area (Å²) in [5.74, 6) is 0.642. The van der Waals surface area contributed by atoms with E-state index >= 15 is 0 Å². The summed E-state index contributed by atoms with van der Waals surface area (Å²) in [4.78, 5) is 2.39. The molecule has 0 fully saturated rings. The number of rotatable bonds is 9. The summed E-state index contributed by atoms with van der Waals surface area (Å²) in [5, 5.41) is 12.6. The fraction of sp³-hybridized carbons (Fsp3) is 1.00. The molecule has 0 amide bonds. The van der Waals surface area contributed by atoms with Crippen molar-refractivity contribution in [1.29, 1.82) is 0 Å². The Morgan fingerprint density at radius 1 is 1.20 bits per heavy atom. The van der Waals surface area contributed by atoms with Gasteiger partial charge in [0.2, 0.25) is 0 Å². The fourth-order valence-electron chi connectivity index (χ4n) is 1.76. The van der Waals surface area contributed by atoms with Crippen molar-refractivity contribution in [1.82, 2.24) is 10.2 Å². The van der Waals surface area contributed by atoms with Crippen LogP contribution in [0.25, 0.3) is 0 Å². The Balaban J connectivity index is 3.61. The van der Waals surface area contributed by atoms with Crippen molar-refractivity contribution in [3.63, 3.8) is 0 Å². The first-order valence-corrected chi connectivity index (χ1v) is 6.20. The Labute approximate surface area is 94.9 Å². The van der Waals surface area contributed by atoms with Crippen LogP contribution in [-0.2, 0) is 0 Å². The molecule has 92 valence electrons. The van der Waals surface area contributed by atoms with Crippen LogP contribution in [-0.4, -0.2) is 48.8 Å². The Kier molecular flexibility index (Phi) is 9.06. The van der Waals surface area contributed by atoms with E-state index in [0.29, 0.717) is 5.92 Å². The van der Waals surface area contributed by atoms with Crippen LogP contribution in [0.15, 0.2) is 0 Å². The molecule has 15 heavy (non-hydrogen) atoms. The van der Waals surface area contributed by atoms with Gasteiger partial charge in [0.25, 0.3) is 0 Å². The highest BCUT2D eigenvalue weighted by atomic mass is 16.3. The van der Waals surface area contributed by atoms with Crippen molar-refractivity contribution >= 4 is 0 Å². The second kappa shape index (κ2) is 9.13. The lowest BCUT2D eigenvalue weighted by Gasteiger charge is -2.22. The number of aliphatic hydroxyl groups is 1. The smallest absolute Gasteiger partial charge is 0.0584 e. The fourth-order valence-corrected chi connectivity index (χ4v) is 1.76. The van der Waals surface area contributed by atoms with Crippen molar-refractivity contribution in [2.24, 2.45) is 5.92 Å². The minimum atomic E-state index is 0.246. The molecule has 0 heterocycles. The van der Waals surface area contributed by atoms with Gasteiger partial charge < -0.3 is 15.3 Å². The number of aliphatic hydroxyl groups excluding tert-OH is 1. The lowest BCUT2D eigenvalue weighted by molar-refractivity contribution is 0.215. The quantitative estimate of drug-likeness (QED) is 0.610. The molecule has 3 heteroatoms. The van der Waals surface area contributed by atoms with Gasteiger partial charge in [-0.3, -0.25) is 0 Å². The molecular formula is C12H28N2O. The molecule has 0 aromatic heterocycles. The first kappa shape index (κ1) is 14.9. The molecule has 3 nitrogen and oxygen atoms in total. The van der Waals surface area contributed by atoms with Crippen molar-refractivity contribution in [3.8, 4) is 0 Å². The van der Waals surface area contributed by atoms with Gasteiger partial charge in [0.1, 0.15) is 0 Å². The third kappa shape index (κ3) is 7.77. The van der Waals surface area contributed by atoms with E-state index in [0.717, 1.165) is 32.6 Å². The van der Waals surface area contributed by atoms with Gasteiger partial charge in [-0.2, -0.15) is 0 Å². The molecule has 0 saturated heterocycles. The summed E-state index contributed by atoms with van der Waals surface area (Å²) >= 11 is 0. The van der Waals surface area contributed by atoms with Crippen LogP contribution in [0.1, 0.15) is 34.1 Å². The highest BCUT2D eigenvalue weighted by Crippen LogP contribution is 2.03. The van der Waals surface area contributed by atoms with Crippen LogP contribution in [0.5, 0.6) is 0 Å². The number of hydrogen-bond acceptors (Lipinski definition) is 3. The SMILES string of the molecule is CCN(CC)CCNC(CO)CC(C)C. The van der Waals surface area contributed by atoms with Crippen molar-refractivity contribution in [3.05, 3.63) is 0 Å². The van der Waals surface area contributed by atoms with Gasteiger partial charge in [0.15, 0.2) is 0 Å². The molecule has 2 N–H and O–H groups in total. The van der Waals surface area contributed by atoms with E-state index in [1.807, 2.05) is 0 Å². The standard InChI is InChI=1S/C12H28N2O/c1-5-14(6-2)8-7-13-12(10-15)9-11(3)4/h11-13,15H,5-10H2,1-4H3. The minimum absolute atomic E-state index is 0.246. The molecule has 0 spiro atoms. The molecular weight excluding hydrogens is 188 g/mol. The van der Waals surface area contributed by atoms with E-state index in [2.05, 4.69) is 37.9 Å². The molecule has 0 aliphatic rings. The van der Waals surface area contributed by atoms with Crippen LogP contribution in [0.3, 0.4) is 0 Å². The molecule has 0 rings (SSSR count). The molecule has 0 saturated carbocycles. The summed E-state index contributed by atoms with van der Waals surface area (Å²) in [6.45, 7) is 13.2. The summed E-state index contributed by atoms with van der Waals surface area (Å²) in [5.41, 5.74) is 0. The van der Waals surface area contributed by atoms with E-state index in [-0.39, 0.29) is 12.6 Å². The number of hydrogen-bond donors (Lipinski definition) is 2. The largest absolute Gasteiger partial charge is 0.395 e. The zero-order chi connectivity index (χ0) is 11.7. The van der Waals surface area contributed by atoms with Crippen LogP contribution >= 0.6 is 0 Å². The van der Waals surface area contributed by atoms with Gasteiger partial charge in [-0.15, -0.1) is 0 Å². The van der Waals surface area contributed by atoms with Gasteiger partial charge in [0.05, 0.1) is 6.61 Å². The first-order valence-electron chi connectivity index (χ1n) is 6.20. The average Bonchev–Trinajstić information content (AvgIpc) is 2.22. The predicted molar refractivity (Wildman–Crippen MR) is 66.1 cm³/mol. The summed E-state index contributed by atoms with van der Waals surface area (Å²) in [6.07, 6.45) is 1.05. The summed E-state index contributed by atoms with van der Waals surface area (Å²) < 4.78 is 0. The Morgan fingerprint density at radius 2 is 1.80 bits per heavy atom. The lowest BCUT2D eigenvalue weighted by Crippen LogP contribution is -2.39. The van der Waals surface area contributed by atoms with Crippen LogP contribution < -0.4 is 5.32 Å². The van der Waals surface area contributed by atoms with Gasteiger partial charge in [-0.1, -0.05) is 27.7 Å². The van der Waals surface area contributed by atoms with Crippen molar-refractivity contribution in [2.75, 3.05) is 32.8 Å². The minimum Gasteiger partial charge on any atom is -0.395 e. The maximum Gasteiger partial charge on any atom is 0.0584 e.